The number of benzene rings is 1. The number of alkyl halides is 3. The molecule has 1 aliphatic rings. The zero-order chi connectivity index (χ0) is 17.0. The molecule has 1 atom stereocenters. The van der Waals surface area contributed by atoms with E-state index in [1.807, 2.05) is 4.90 Å². The molecule has 1 aromatic carbocycles. The molecule has 7 heteroatoms. The van der Waals surface area contributed by atoms with Crippen LogP contribution in [0.5, 0.6) is 0 Å². The van der Waals surface area contributed by atoms with Gasteiger partial charge in [0.05, 0.1) is 15.8 Å². The van der Waals surface area contributed by atoms with E-state index in [4.69, 9.17) is 11.6 Å². The van der Waals surface area contributed by atoms with Gasteiger partial charge >= 0.3 is 6.18 Å². The second kappa shape index (κ2) is 7.79. The molecule has 1 saturated heterocycles. The van der Waals surface area contributed by atoms with Gasteiger partial charge in [-0.3, -0.25) is 4.79 Å². The minimum atomic E-state index is -4.49. The summed E-state index contributed by atoms with van der Waals surface area (Å²) in [5.41, 5.74) is -0.862. The standard InChI is InChI=1S/C16H19ClF3NOS/c1-11(15(22)21-8-4-2-3-5-9-21)23-12-6-7-14(17)13(10-12)16(18,19)20/h6-7,10-11H,2-5,8-9H2,1H3. The van der Waals surface area contributed by atoms with Crippen molar-refractivity contribution in [2.45, 2.75) is 48.9 Å². The molecule has 128 valence electrons. The zero-order valence-corrected chi connectivity index (χ0v) is 14.4. The highest BCUT2D eigenvalue weighted by Gasteiger charge is 2.33. The van der Waals surface area contributed by atoms with Gasteiger partial charge in [0.15, 0.2) is 0 Å². The van der Waals surface area contributed by atoms with Gasteiger partial charge in [-0.1, -0.05) is 24.4 Å². The Balaban J connectivity index is 2.07. The largest absolute Gasteiger partial charge is 0.417 e. The van der Waals surface area contributed by atoms with Crippen molar-refractivity contribution in [1.82, 2.24) is 4.90 Å². The first-order chi connectivity index (χ1) is 10.8. The molecule has 1 fully saturated rings. The summed E-state index contributed by atoms with van der Waals surface area (Å²) in [4.78, 5) is 14.7. The number of likely N-dealkylation sites (tertiary alicyclic amines) is 1. The molecular formula is C16H19ClF3NOS. The number of thioether (sulfide) groups is 1. The third-order valence-electron chi connectivity index (χ3n) is 3.82. The molecule has 0 aromatic heterocycles. The number of carbonyl (C=O) groups is 1. The van der Waals surface area contributed by atoms with Gasteiger partial charge in [-0.25, -0.2) is 0 Å². The number of carbonyl (C=O) groups excluding carboxylic acids is 1. The minimum absolute atomic E-state index is 0.0135. The molecule has 2 rings (SSSR count). The lowest BCUT2D eigenvalue weighted by Crippen LogP contribution is -2.37. The van der Waals surface area contributed by atoms with E-state index in [0.717, 1.165) is 56.6 Å². The van der Waals surface area contributed by atoms with E-state index in [-0.39, 0.29) is 10.9 Å². The monoisotopic (exact) mass is 365 g/mol. The van der Waals surface area contributed by atoms with Crippen molar-refractivity contribution < 1.29 is 18.0 Å². The molecule has 23 heavy (non-hydrogen) atoms. The van der Waals surface area contributed by atoms with Crippen LogP contribution in [0.4, 0.5) is 13.2 Å². The Bertz CT molecular complexity index is 557. The zero-order valence-electron chi connectivity index (χ0n) is 12.8. The highest BCUT2D eigenvalue weighted by molar-refractivity contribution is 8.00. The van der Waals surface area contributed by atoms with Crippen molar-refractivity contribution in [3.63, 3.8) is 0 Å². The van der Waals surface area contributed by atoms with Crippen molar-refractivity contribution in [3.8, 4) is 0 Å². The molecule has 0 spiro atoms. The molecular weight excluding hydrogens is 347 g/mol. The van der Waals surface area contributed by atoms with Crippen LogP contribution < -0.4 is 0 Å². The summed E-state index contributed by atoms with van der Waals surface area (Å²) in [6, 6.07) is 3.77. The van der Waals surface area contributed by atoms with E-state index < -0.39 is 17.0 Å². The first kappa shape index (κ1) is 18.5. The van der Waals surface area contributed by atoms with Gasteiger partial charge < -0.3 is 4.90 Å². The lowest BCUT2D eigenvalue weighted by Gasteiger charge is -2.24. The fraction of sp³-hybridized carbons (Fsp3) is 0.562. The molecule has 0 saturated carbocycles. The molecule has 2 nitrogen and oxygen atoms in total. The van der Waals surface area contributed by atoms with Crippen molar-refractivity contribution in [2.24, 2.45) is 0 Å². The summed E-state index contributed by atoms with van der Waals surface area (Å²) in [5, 5.41) is -0.747. The highest BCUT2D eigenvalue weighted by atomic mass is 35.5. The van der Waals surface area contributed by atoms with E-state index in [1.165, 1.54) is 12.1 Å². The van der Waals surface area contributed by atoms with Gasteiger partial charge in [0, 0.05) is 18.0 Å². The van der Waals surface area contributed by atoms with Crippen LogP contribution in [0.25, 0.3) is 0 Å². The van der Waals surface area contributed by atoms with Crippen LogP contribution in [-0.2, 0) is 11.0 Å². The summed E-state index contributed by atoms with van der Waals surface area (Å²) in [5.74, 6) is -0.0135. The predicted octanol–water partition coefficient (Wildman–Crippen LogP) is 5.24. The van der Waals surface area contributed by atoms with Crippen molar-refractivity contribution in [3.05, 3.63) is 28.8 Å². The van der Waals surface area contributed by atoms with Crippen molar-refractivity contribution in [1.29, 1.82) is 0 Å². The molecule has 1 heterocycles. The highest BCUT2D eigenvalue weighted by Crippen LogP contribution is 2.38. The molecule has 0 aliphatic carbocycles. The number of halogens is 4. The predicted molar refractivity (Wildman–Crippen MR) is 86.8 cm³/mol. The number of amides is 1. The molecule has 0 N–H and O–H groups in total. The lowest BCUT2D eigenvalue weighted by atomic mass is 10.2. The molecule has 1 aromatic rings. The van der Waals surface area contributed by atoms with E-state index in [2.05, 4.69) is 0 Å². The van der Waals surface area contributed by atoms with Crippen LogP contribution in [0.15, 0.2) is 23.1 Å². The number of hydrogen-bond acceptors (Lipinski definition) is 2. The minimum Gasteiger partial charge on any atom is -0.342 e. The van der Waals surface area contributed by atoms with E-state index in [0.29, 0.717) is 4.90 Å². The fourth-order valence-electron chi connectivity index (χ4n) is 2.60. The van der Waals surface area contributed by atoms with Crippen LogP contribution >= 0.6 is 23.4 Å². The maximum atomic E-state index is 12.9. The number of nitrogens with zero attached hydrogens (tertiary/aromatic N) is 1. The maximum absolute atomic E-state index is 12.9. The maximum Gasteiger partial charge on any atom is 0.417 e. The number of hydrogen-bond donors (Lipinski definition) is 0. The lowest BCUT2D eigenvalue weighted by molar-refractivity contribution is -0.137. The molecule has 1 amide bonds. The second-order valence-electron chi connectivity index (χ2n) is 5.64. The van der Waals surface area contributed by atoms with Gasteiger partial charge in [-0.2, -0.15) is 13.2 Å². The Morgan fingerprint density at radius 3 is 2.39 bits per heavy atom. The summed E-state index contributed by atoms with van der Waals surface area (Å²) in [7, 11) is 0. The van der Waals surface area contributed by atoms with Crippen molar-refractivity contribution >= 4 is 29.3 Å². The van der Waals surface area contributed by atoms with Crippen LogP contribution in [-0.4, -0.2) is 29.1 Å². The number of rotatable bonds is 3. The van der Waals surface area contributed by atoms with E-state index >= 15 is 0 Å². The van der Waals surface area contributed by atoms with Gasteiger partial charge in [0.1, 0.15) is 0 Å². The van der Waals surface area contributed by atoms with Crippen LogP contribution in [0.1, 0.15) is 38.2 Å². The summed E-state index contributed by atoms with van der Waals surface area (Å²) in [6.07, 6.45) is -0.273. The summed E-state index contributed by atoms with van der Waals surface area (Å²) < 4.78 is 38.7. The van der Waals surface area contributed by atoms with Crippen LogP contribution in [0.3, 0.4) is 0 Å². The van der Waals surface area contributed by atoms with Crippen molar-refractivity contribution in [2.75, 3.05) is 13.1 Å². The topological polar surface area (TPSA) is 20.3 Å². The third kappa shape index (κ3) is 5.05. The smallest absolute Gasteiger partial charge is 0.342 e. The van der Waals surface area contributed by atoms with Crippen LogP contribution in [0, 0.1) is 0 Å². The molecule has 1 unspecified atom stereocenters. The Morgan fingerprint density at radius 1 is 1.22 bits per heavy atom. The van der Waals surface area contributed by atoms with Crippen LogP contribution in [0.2, 0.25) is 5.02 Å². The molecule has 0 bridgehead atoms. The Kier molecular flexibility index (Phi) is 6.26. The molecule has 1 aliphatic heterocycles. The van der Waals surface area contributed by atoms with E-state index in [9.17, 15) is 18.0 Å². The normalized spacial score (nSPS) is 17.7. The first-order valence-electron chi connectivity index (χ1n) is 7.61. The average molecular weight is 366 g/mol. The first-order valence-corrected chi connectivity index (χ1v) is 8.87. The van der Waals surface area contributed by atoms with Gasteiger partial charge in [-0.15, -0.1) is 11.8 Å². The SMILES string of the molecule is CC(Sc1ccc(Cl)c(C(F)(F)F)c1)C(=O)N1CCCCCC1. The quantitative estimate of drug-likeness (QED) is 0.682. The van der Waals surface area contributed by atoms with Gasteiger partial charge in [0.2, 0.25) is 5.91 Å². The third-order valence-corrected chi connectivity index (χ3v) is 5.23. The van der Waals surface area contributed by atoms with Gasteiger partial charge in [0.25, 0.3) is 0 Å². The van der Waals surface area contributed by atoms with E-state index in [1.54, 1.807) is 6.92 Å². The fourth-order valence-corrected chi connectivity index (χ4v) is 3.81. The average Bonchev–Trinajstić information content (AvgIpc) is 2.76. The Labute approximate surface area is 143 Å². The Hall–Kier alpha value is -0.880. The molecule has 0 radical (unpaired) electrons. The van der Waals surface area contributed by atoms with Gasteiger partial charge in [-0.05, 0) is 38.0 Å². The Morgan fingerprint density at radius 2 is 1.83 bits per heavy atom. The summed E-state index contributed by atoms with van der Waals surface area (Å²) >= 11 is 6.76. The second-order valence-corrected chi connectivity index (χ2v) is 7.46. The summed E-state index contributed by atoms with van der Waals surface area (Å²) in [6.45, 7) is 3.20.